The fourth-order valence-electron chi connectivity index (χ4n) is 1.91. The second kappa shape index (κ2) is 7.15. The number of ether oxygens (including phenoxy) is 3. The van der Waals surface area contributed by atoms with E-state index in [0.29, 0.717) is 33.5 Å². The van der Waals surface area contributed by atoms with E-state index in [1.807, 2.05) is 0 Å². The van der Waals surface area contributed by atoms with Crippen LogP contribution in [0.4, 0.5) is 0 Å². The van der Waals surface area contributed by atoms with Crippen molar-refractivity contribution in [2.24, 2.45) is 0 Å². The van der Waals surface area contributed by atoms with E-state index in [-0.39, 0.29) is 13.2 Å². The Morgan fingerprint density at radius 3 is 2.62 bits per heavy atom. The quantitative estimate of drug-likeness (QED) is 0.889. The molecule has 0 saturated heterocycles. The Labute approximate surface area is 128 Å². The summed E-state index contributed by atoms with van der Waals surface area (Å²) in [5, 5.41) is 9.87. The molecule has 1 aromatic heterocycles. The predicted octanol–water partition coefficient (Wildman–Crippen LogP) is 2.82. The van der Waals surface area contributed by atoms with E-state index >= 15 is 0 Å². The molecule has 6 heteroatoms. The summed E-state index contributed by atoms with van der Waals surface area (Å²) in [4.78, 5) is 4.23. The molecule has 0 unspecified atom stereocenters. The van der Waals surface area contributed by atoms with Crippen molar-refractivity contribution in [1.82, 2.24) is 4.98 Å². The van der Waals surface area contributed by atoms with Gasteiger partial charge in [-0.2, -0.15) is 0 Å². The molecule has 0 aliphatic rings. The average Bonchev–Trinajstić information content (AvgIpc) is 2.52. The lowest BCUT2D eigenvalue weighted by atomic mass is 10.2. The van der Waals surface area contributed by atoms with Crippen LogP contribution in [0.3, 0.4) is 0 Å². The SMILES string of the molecule is COc1ccnc(COc2ccc(Cl)cc2CO)c1OC. The molecule has 0 bridgehead atoms. The minimum absolute atomic E-state index is 0.154. The van der Waals surface area contributed by atoms with E-state index in [2.05, 4.69) is 4.98 Å². The number of methoxy groups -OCH3 is 2. The van der Waals surface area contributed by atoms with Crippen molar-refractivity contribution in [2.45, 2.75) is 13.2 Å². The van der Waals surface area contributed by atoms with Gasteiger partial charge in [0.05, 0.1) is 20.8 Å². The second-order valence-electron chi connectivity index (χ2n) is 4.19. The zero-order valence-electron chi connectivity index (χ0n) is 11.8. The summed E-state index contributed by atoms with van der Waals surface area (Å²) in [7, 11) is 3.11. The van der Waals surface area contributed by atoms with E-state index in [4.69, 9.17) is 25.8 Å². The first-order chi connectivity index (χ1) is 10.2. The van der Waals surface area contributed by atoms with Gasteiger partial charge in [0.1, 0.15) is 18.1 Å². The molecule has 0 saturated carbocycles. The maximum atomic E-state index is 9.32. The van der Waals surface area contributed by atoms with Gasteiger partial charge in [0.15, 0.2) is 11.5 Å². The zero-order valence-corrected chi connectivity index (χ0v) is 12.6. The number of halogens is 1. The fraction of sp³-hybridized carbons (Fsp3) is 0.267. The molecule has 2 rings (SSSR count). The van der Waals surface area contributed by atoms with Crippen LogP contribution in [0.5, 0.6) is 17.2 Å². The maximum absolute atomic E-state index is 9.32. The number of aromatic nitrogens is 1. The normalized spacial score (nSPS) is 10.3. The van der Waals surface area contributed by atoms with E-state index in [1.165, 1.54) is 0 Å². The Balaban J connectivity index is 2.20. The monoisotopic (exact) mass is 309 g/mol. The number of hydrogen-bond donors (Lipinski definition) is 1. The van der Waals surface area contributed by atoms with Crippen LogP contribution in [0.15, 0.2) is 30.5 Å². The minimum atomic E-state index is -0.154. The Hall–Kier alpha value is -1.98. The Kier molecular flexibility index (Phi) is 5.25. The molecule has 1 N–H and O–H groups in total. The van der Waals surface area contributed by atoms with Crippen LogP contribution < -0.4 is 14.2 Å². The molecule has 112 valence electrons. The number of aliphatic hydroxyl groups excluding tert-OH is 1. The number of nitrogens with zero attached hydrogens (tertiary/aromatic N) is 1. The topological polar surface area (TPSA) is 60.8 Å². The molecule has 2 aromatic rings. The highest BCUT2D eigenvalue weighted by molar-refractivity contribution is 6.30. The van der Waals surface area contributed by atoms with Gasteiger partial charge in [-0.1, -0.05) is 11.6 Å². The number of benzene rings is 1. The third-order valence-corrected chi connectivity index (χ3v) is 3.16. The molecule has 5 nitrogen and oxygen atoms in total. The van der Waals surface area contributed by atoms with E-state index < -0.39 is 0 Å². The van der Waals surface area contributed by atoms with Crippen LogP contribution in [0.2, 0.25) is 5.02 Å². The van der Waals surface area contributed by atoms with Gasteiger partial charge in [0.2, 0.25) is 0 Å². The lowest BCUT2D eigenvalue weighted by Crippen LogP contribution is -2.04. The molecule has 0 aliphatic carbocycles. The van der Waals surface area contributed by atoms with Crippen molar-refractivity contribution >= 4 is 11.6 Å². The van der Waals surface area contributed by atoms with Gasteiger partial charge >= 0.3 is 0 Å². The van der Waals surface area contributed by atoms with Gasteiger partial charge in [0, 0.05) is 22.8 Å². The molecule has 1 heterocycles. The third kappa shape index (κ3) is 3.56. The van der Waals surface area contributed by atoms with Gasteiger partial charge < -0.3 is 19.3 Å². The highest BCUT2D eigenvalue weighted by Crippen LogP contribution is 2.30. The van der Waals surface area contributed by atoms with Gasteiger partial charge in [-0.25, -0.2) is 0 Å². The molecule has 0 aliphatic heterocycles. The Morgan fingerprint density at radius 1 is 1.14 bits per heavy atom. The van der Waals surface area contributed by atoms with E-state index in [1.54, 1.807) is 44.7 Å². The lowest BCUT2D eigenvalue weighted by molar-refractivity contribution is 0.253. The molecule has 0 amide bonds. The van der Waals surface area contributed by atoms with Gasteiger partial charge in [-0.05, 0) is 18.2 Å². The largest absolute Gasteiger partial charge is 0.493 e. The summed E-state index contributed by atoms with van der Waals surface area (Å²) >= 11 is 5.88. The minimum Gasteiger partial charge on any atom is -0.493 e. The average molecular weight is 310 g/mol. The molecule has 0 atom stereocenters. The van der Waals surface area contributed by atoms with Crippen molar-refractivity contribution in [2.75, 3.05) is 14.2 Å². The smallest absolute Gasteiger partial charge is 0.185 e. The zero-order chi connectivity index (χ0) is 15.2. The van der Waals surface area contributed by atoms with Crippen molar-refractivity contribution in [1.29, 1.82) is 0 Å². The Bertz CT molecular complexity index is 619. The summed E-state index contributed by atoms with van der Waals surface area (Å²) in [6.07, 6.45) is 1.62. The summed E-state index contributed by atoms with van der Waals surface area (Å²) in [6, 6.07) is 6.78. The summed E-state index contributed by atoms with van der Waals surface area (Å²) in [6.45, 7) is 0.0353. The standard InChI is InChI=1S/C15H16ClNO4/c1-19-14-5-6-17-12(15(14)20-2)9-21-13-4-3-11(16)7-10(13)8-18/h3-7,18H,8-9H2,1-2H3. The number of hydrogen-bond acceptors (Lipinski definition) is 5. The molecule has 1 aromatic carbocycles. The van der Waals surface area contributed by atoms with Crippen LogP contribution in [0.25, 0.3) is 0 Å². The first kappa shape index (κ1) is 15.4. The first-order valence-corrected chi connectivity index (χ1v) is 6.65. The molecule has 0 radical (unpaired) electrons. The van der Waals surface area contributed by atoms with Crippen LogP contribution in [-0.2, 0) is 13.2 Å². The molecule has 0 spiro atoms. The first-order valence-electron chi connectivity index (χ1n) is 6.27. The fourth-order valence-corrected chi connectivity index (χ4v) is 2.11. The molecule has 21 heavy (non-hydrogen) atoms. The lowest BCUT2D eigenvalue weighted by Gasteiger charge is -2.14. The van der Waals surface area contributed by atoms with Crippen molar-refractivity contribution in [3.05, 3.63) is 46.7 Å². The molecule has 0 fully saturated rings. The molecular weight excluding hydrogens is 294 g/mol. The van der Waals surface area contributed by atoms with Crippen molar-refractivity contribution in [3.63, 3.8) is 0 Å². The maximum Gasteiger partial charge on any atom is 0.185 e. The van der Waals surface area contributed by atoms with Crippen molar-refractivity contribution in [3.8, 4) is 17.2 Å². The summed E-state index contributed by atoms with van der Waals surface area (Å²) in [5.74, 6) is 1.66. The van der Waals surface area contributed by atoms with Crippen LogP contribution in [-0.4, -0.2) is 24.3 Å². The van der Waals surface area contributed by atoms with Crippen LogP contribution in [0.1, 0.15) is 11.3 Å². The van der Waals surface area contributed by atoms with Crippen LogP contribution in [0, 0.1) is 0 Å². The third-order valence-electron chi connectivity index (χ3n) is 2.92. The van der Waals surface area contributed by atoms with Gasteiger partial charge in [-0.3, -0.25) is 4.98 Å². The number of aliphatic hydroxyl groups is 1. The summed E-state index contributed by atoms with van der Waals surface area (Å²) < 4.78 is 16.2. The predicted molar refractivity (Wildman–Crippen MR) is 79.0 cm³/mol. The van der Waals surface area contributed by atoms with Crippen LogP contribution >= 0.6 is 11.6 Å². The number of rotatable bonds is 6. The number of pyridine rings is 1. The summed E-state index contributed by atoms with van der Waals surface area (Å²) in [5.41, 5.74) is 1.22. The van der Waals surface area contributed by atoms with E-state index in [0.717, 1.165) is 0 Å². The van der Waals surface area contributed by atoms with Crippen molar-refractivity contribution < 1.29 is 19.3 Å². The highest BCUT2D eigenvalue weighted by Gasteiger charge is 2.12. The molecular formula is C15H16ClNO4. The van der Waals surface area contributed by atoms with Gasteiger partial charge in [0.25, 0.3) is 0 Å². The second-order valence-corrected chi connectivity index (χ2v) is 4.63. The Morgan fingerprint density at radius 2 is 1.95 bits per heavy atom. The van der Waals surface area contributed by atoms with E-state index in [9.17, 15) is 5.11 Å². The van der Waals surface area contributed by atoms with Gasteiger partial charge in [-0.15, -0.1) is 0 Å². The highest BCUT2D eigenvalue weighted by atomic mass is 35.5.